The van der Waals surface area contributed by atoms with Crippen molar-refractivity contribution < 1.29 is 5.11 Å². The molecule has 0 bridgehead atoms. The minimum atomic E-state index is -0.600. The highest BCUT2D eigenvalue weighted by atomic mass is 16.3. The molecule has 0 fully saturated rings. The summed E-state index contributed by atoms with van der Waals surface area (Å²) in [6.07, 6.45) is 3.25. The summed E-state index contributed by atoms with van der Waals surface area (Å²) < 4.78 is 1.99. The molecule has 1 rings (SSSR count). The highest BCUT2D eigenvalue weighted by Gasteiger charge is 2.21. The lowest BCUT2D eigenvalue weighted by Gasteiger charge is -2.25. The number of hydrogen-bond acceptors (Lipinski definition) is 4. The van der Waals surface area contributed by atoms with E-state index >= 15 is 0 Å². The number of aromatic nitrogens is 3. The standard InChI is InChI=1S/C11H22N4O/c1-4-11(16,5-2)8-12-7-10-14-13-9-15(10)6-3/h9,12,16H,4-8H2,1-3H3. The van der Waals surface area contributed by atoms with Crippen LogP contribution in [-0.2, 0) is 13.1 Å². The fourth-order valence-electron chi connectivity index (χ4n) is 1.59. The number of aryl methyl sites for hydroxylation is 1. The van der Waals surface area contributed by atoms with Gasteiger partial charge in [0.15, 0.2) is 0 Å². The Morgan fingerprint density at radius 1 is 1.38 bits per heavy atom. The van der Waals surface area contributed by atoms with E-state index in [0.29, 0.717) is 13.1 Å². The number of nitrogens with one attached hydrogen (secondary N) is 1. The summed E-state index contributed by atoms with van der Waals surface area (Å²) >= 11 is 0. The fourth-order valence-corrected chi connectivity index (χ4v) is 1.59. The second-order valence-electron chi connectivity index (χ2n) is 4.07. The normalized spacial score (nSPS) is 12.0. The SMILES string of the molecule is CCn1cnnc1CNCC(O)(CC)CC. The molecule has 2 N–H and O–H groups in total. The van der Waals surface area contributed by atoms with E-state index in [1.807, 2.05) is 18.4 Å². The smallest absolute Gasteiger partial charge is 0.146 e. The summed E-state index contributed by atoms with van der Waals surface area (Å²) in [4.78, 5) is 0. The molecule has 16 heavy (non-hydrogen) atoms. The van der Waals surface area contributed by atoms with Gasteiger partial charge in [0.25, 0.3) is 0 Å². The van der Waals surface area contributed by atoms with Gasteiger partial charge in [0.1, 0.15) is 12.2 Å². The Morgan fingerprint density at radius 3 is 2.62 bits per heavy atom. The van der Waals surface area contributed by atoms with E-state index in [0.717, 1.165) is 25.2 Å². The Kier molecular flexibility index (Phi) is 4.89. The molecule has 0 unspecified atom stereocenters. The Morgan fingerprint density at radius 2 is 2.06 bits per heavy atom. The average molecular weight is 226 g/mol. The first-order valence-corrected chi connectivity index (χ1v) is 5.95. The van der Waals surface area contributed by atoms with E-state index < -0.39 is 5.60 Å². The topological polar surface area (TPSA) is 63.0 Å². The maximum atomic E-state index is 10.1. The quantitative estimate of drug-likeness (QED) is 0.726. The zero-order chi connectivity index (χ0) is 12.0. The van der Waals surface area contributed by atoms with Crippen molar-refractivity contribution in [2.24, 2.45) is 0 Å². The van der Waals surface area contributed by atoms with Crippen LogP contribution in [0.25, 0.3) is 0 Å². The molecule has 5 heteroatoms. The minimum absolute atomic E-state index is 0.594. The lowest BCUT2D eigenvalue weighted by atomic mass is 9.98. The third-order valence-corrected chi connectivity index (χ3v) is 3.09. The molecule has 0 aliphatic heterocycles. The van der Waals surface area contributed by atoms with E-state index in [2.05, 4.69) is 22.4 Å². The largest absolute Gasteiger partial charge is 0.389 e. The van der Waals surface area contributed by atoms with E-state index in [-0.39, 0.29) is 0 Å². The molecule has 0 radical (unpaired) electrons. The van der Waals surface area contributed by atoms with Crippen molar-refractivity contribution in [2.75, 3.05) is 6.54 Å². The van der Waals surface area contributed by atoms with Gasteiger partial charge in [0, 0.05) is 13.1 Å². The zero-order valence-electron chi connectivity index (χ0n) is 10.4. The molecule has 0 saturated carbocycles. The first kappa shape index (κ1) is 13.1. The van der Waals surface area contributed by atoms with Gasteiger partial charge in [0.05, 0.1) is 12.1 Å². The van der Waals surface area contributed by atoms with E-state index in [1.54, 1.807) is 6.33 Å². The van der Waals surface area contributed by atoms with Crippen molar-refractivity contribution in [2.45, 2.75) is 52.3 Å². The van der Waals surface area contributed by atoms with Gasteiger partial charge < -0.3 is 15.0 Å². The van der Waals surface area contributed by atoms with Crippen molar-refractivity contribution >= 4 is 0 Å². The third kappa shape index (κ3) is 3.28. The van der Waals surface area contributed by atoms with E-state index in [1.165, 1.54) is 0 Å². The molecule has 92 valence electrons. The summed E-state index contributed by atoms with van der Waals surface area (Å²) in [5, 5.41) is 21.2. The van der Waals surface area contributed by atoms with Crippen molar-refractivity contribution in [3.8, 4) is 0 Å². The summed E-state index contributed by atoms with van der Waals surface area (Å²) in [7, 11) is 0. The number of nitrogens with zero attached hydrogens (tertiary/aromatic N) is 3. The first-order valence-electron chi connectivity index (χ1n) is 5.95. The van der Waals surface area contributed by atoms with Gasteiger partial charge in [-0.15, -0.1) is 10.2 Å². The molecule has 0 aliphatic carbocycles. The number of rotatable bonds is 7. The molecule has 0 spiro atoms. The highest BCUT2D eigenvalue weighted by Crippen LogP contribution is 2.12. The van der Waals surface area contributed by atoms with Crippen LogP contribution in [0.3, 0.4) is 0 Å². The average Bonchev–Trinajstić information content (AvgIpc) is 2.76. The number of aliphatic hydroxyl groups is 1. The van der Waals surface area contributed by atoms with Gasteiger partial charge >= 0.3 is 0 Å². The Balaban J connectivity index is 2.41. The van der Waals surface area contributed by atoms with Crippen LogP contribution in [0.5, 0.6) is 0 Å². The van der Waals surface area contributed by atoms with Gasteiger partial charge in [-0.25, -0.2) is 0 Å². The van der Waals surface area contributed by atoms with Gasteiger partial charge in [0.2, 0.25) is 0 Å². The first-order chi connectivity index (χ1) is 7.65. The Bertz CT molecular complexity index is 307. The molecule has 0 saturated heterocycles. The van der Waals surface area contributed by atoms with Crippen molar-refractivity contribution in [3.05, 3.63) is 12.2 Å². The predicted molar refractivity (Wildman–Crippen MR) is 62.9 cm³/mol. The van der Waals surface area contributed by atoms with Crippen LogP contribution in [0, 0.1) is 0 Å². The van der Waals surface area contributed by atoms with Gasteiger partial charge in [-0.2, -0.15) is 0 Å². The van der Waals surface area contributed by atoms with Crippen molar-refractivity contribution in [1.82, 2.24) is 20.1 Å². The van der Waals surface area contributed by atoms with Gasteiger partial charge in [-0.1, -0.05) is 13.8 Å². The van der Waals surface area contributed by atoms with Crippen LogP contribution in [-0.4, -0.2) is 32.0 Å². The van der Waals surface area contributed by atoms with E-state index in [4.69, 9.17) is 0 Å². The second kappa shape index (κ2) is 5.96. The summed E-state index contributed by atoms with van der Waals surface area (Å²) in [5.41, 5.74) is -0.600. The van der Waals surface area contributed by atoms with Crippen LogP contribution in [0.15, 0.2) is 6.33 Å². The Labute approximate surface area is 96.9 Å². The molecule has 1 heterocycles. The van der Waals surface area contributed by atoms with Crippen LogP contribution in [0.1, 0.15) is 39.4 Å². The summed E-state index contributed by atoms with van der Waals surface area (Å²) in [6, 6.07) is 0. The molecule has 0 aromatic carbocycles. The molecule has 0 aliphatic rings. The van der Waals surface area contributed by atoms with Crippen LogP contribution < -0.4 is 5.32 Å². The molecule has 0 atom stereocenters. The fraction of sp³-hybridized carbons (Fsp3) is 0.818. The van der Waals surface area contributed by atoms with Crippen molar-refractivity contribution in [1.29, 1.82) is 0 Å². The molecular weight excluding hydrogens is 204 g/mol. The Hall–Kier alpha value is -0.940. The summed E-state index contributed by atoms with van der Waals surface area (Å²) in [5.74, 6) is 0.914. The van der Waals surface area contributed by atoms with Crippen LogP contribution in [0.2, 0.25) is 0 Å². The molecule has 0 amide bonds. The zero-order valence-corrected chi connectivity index (χ0v) is 10.4. The predicted octanol–water partition coefficient (Wildman–Crippen LogP) is 0.939. The number of hydrogen-bond donors (Lipinski definition) is 2. The monoisotopic (exact) mass is 226 g/mol. The maximum absolute atomic E-state index is 10.1. The minimum Gasteiger partial charge on any atom is -0.389 e. The highest BCUT2D eigenvalue weighted by molar-refractivity contribution is 4.86. The van der Waals surface area contributed by atoms with Crippen LogP contribution >= 0.6 is 0 Å². The lowest BCUT2D eigenvalue weighted by molar-refractivity contribution is 0.0321. The third-order valence-electron chi connectivity index (χ3n) is 3.09. The maximum Gasteiger partial charge on any atom is 0.146 e. The van der Waals surface area contributed by atoms with Gasteiger partial charge in [-0.05, 0) is 19.8 Å². The molecular formula is C11H22N4O. The van der Waals surface area contributed by atoms with E-state index in [9.17, 15) is 5.11 Å². The molecule has 5 nitrogen and oxygen atoms in total. The molecule has 1 aromatic rings. The molecule has 1 aromatic heterocycles. The van der Waals surface area contributed by atoms with Crippen LogP contribution in [0.4, 0.5) is 0 Å². The summed E-state index contributed by atoms with van der Waals surface area (Å²) in [6.45, 7) is 8.17. The van der Waals surface area contributed by atoms with Gasteiger partial charge in [-0.3, -0.25) is 0 Å². The second-order valence-corrected chi connectivity index (χ2v) is 4.07. The lowest BCUT2D eigenvalue weighted by Crippen LogP contribution is -2.39. The van der Waals surface area contributed by atoms with Crippen molar-refractivity contribution in [3.63, 3.8) is 0 Å².